The van der Waals surface area contributed by atoms with E-state index < -0.39 is 26.5 Å². The highest BCUT2D eigenvalue weighted by Gasteiger charge is 2.26. The third-order valence-electron chi connectivity index (χ3n) is 10.1. The molecule has 0 aromatic rings. The summed E-state index contributed by atoms with van der Waals surface area (Å²) in [7, 11) is -4.37. The van der Waals surface area contributed by atoms with E-state index in [4.69, 9.17) is 24.3 Å². The Morgan fingerprint density at radius 2 is 0.929 bits per heavy atom. The number of ether oxygens (including phenoxy) is 2. The summed E-state index contributed by atoms with van der Waals surface area (Å²) in [5, 5.41) is 0. The summed E-state index contributed by atoms with van der Waals surface area (Å²) in [6.45, 7) is 3.71. The van der Waals surface area contributed by atoms with Gasteiger partial charge in [-0.1, -0.05) is 192 Å². The lowest BCUT2D eigenvalue weighted by molar-refractivity contribution is -0.161. The monoisotopic (exact) mass is 814 g/mol. The average molecular weight is 814 g/mol. The molecule has 9 nitrogen and oxygen atoms in total. The number of nitrogens with two attached hydrogens (primary N) is 1. The van der Waals surface area contributed by atoms with E-state index in [0.717, 1.165) is 38.5 Å². The zero-order valence-electron chi connectivity index (χ0n) is 36.4. The second kappa shape index (κ2) is 43.1. The fraction of sp³-hybridized carbons (Fsp3) is 0.870. The first-order chi connectivity index (χ1) is 27.3. The lowest BCUT2D eigenvalue weighted by Gasteiger charge is -2.19. The maximum atomic E-state index is 12.6. The minimum atomic E-state index is -4.37. The molecular weight excluding hydrogens is 725 g/mol. The van der Waals surface area contributed by atoms with Gasteiger partial charge < -0.3 is 20.1 Å². The molecule has 0 radical (unpaired) electrons. The van der Waals surface area contributed by atoms with Crippen LogP contribution in [0.4, 0.5) is 0 Å². The zero-order chi connectivity index (χ0) is 41.1. The molecule has 0 rings (SSSR count). The summed E-state index contributed by atoms with van der Waals surface area (Å²) in [5.74, 6) is -0.825. The van der Waals surface area contributed by atoms with Crippen LogP contribution in [0.25, 0.3) is 0 Å². The molecular formula is C46H88NO8P. The van der Waals surface area contributed by atoms with Gasteiger partial charge in [-0.2, -0.15) is 0 Å². The number of carbonyl (C=O) groups is 2. The van der Waals surface area contributed by atoms with E-state index in [1.54, 1.807) is 0 Å². The van der Waals surface area contributed by atoms with Gasteiger partial charge in [-0.15, -0.1) is 0 Å². The van der Waals surface area contributed by atoms with Crippen LogP contribution in [0.5, 0.6) is 0 Å². The van der Waals surface area contributed by atoms with Crippen LogP contribution < -0.4 is 5.73 Å². The van der Waals surface area contributed by atoms with Gasteiger partial charge in [-0.05, 0) is 44.9 Å². The summed E-state index contributed by atoms with van der Waals surface area (Å²) in [4.78, 5) is 34.7. The SMILES string of the molecule is CCCCCCC/C=C\C/C=C\CCCCCCCCCCCCCCCCCC(=O)OC(COC(=O)CCCCCCCCCC)COP(=O)(O)OCCN. The van der Waals surface area contributed by atoms with Crippen LogP contribution in [0.15, 0.2) is 24.3 Å². The van der Waals surface area contributed by atoms with Gasteiger partial charge >= 0.3 is 19.8 Å². The number of allylic oxidation sites excluding steroid dienone is 4. The number of esters is 2. The first-order valence-electron chi connectivity index (χ1n) is 23.3. The van der Waals surface area contributed by atoms with Crippen molar-refractivity contribution in [2.45, 2.75) is 232 Å². The lowest BCUT2D eigenvalue weighted by atomic mass is 10.0. The van der Waals surface area contributed by atoms with Gasteiger partial charge in [0, 0.05) is 19.4 Å². The molecule has 0 saturated heterocycles. The molecule has 0 bridgehead atoms. The standard InChI is InChI=1S/C46H88NO8P/c1-3-5-7-9-11-13-14-15-16-17-18-19-20-21-22-23-24-25-26-27-28-29-30-31-33-35-37-39-46(49)55-44(43-54-56(50,51)53-41-40-47)42-52-45(48)38-36-34-32-12-10-8-6-4-2/h14-15,17-18,44H,3-13,16,19-43,47H2,1-2H3,(H,50,51)/b15-14-,18-17-. The Balaban J connectivity index is 3.90. The summed E-state index contributed by atoms with van der Waals surface area (Å²) >= 11 is 0. The van der Waals surface area contributed by atoms with E-state index in [9.17, 15) is 19.0 Å². The van der Waals surface area contributed by atoms with Crippen molar-refractivity contribution in [3.8, 4) is 0 Å². The molecule has 0 fully saturated rings. The van der Waals surface area contributed by atoms with Crippen molar-refractivity contribution in [2.75, 3.05) is 26.4 Å². The fourth-order valence-electron chi connectivity index (χ4n) is 6.61. The van der Waals surface area contributed by atoms with Crippen molar-refractivity contribution in [3.05, 3.63) is 24.3 Å². The van der Waals surface area contributed by atoms with Crippen molar-refractivity contribution < 1.29 is 37.6 Å². The number of phosphoric acid groups is 1. The predicted octanol–water partition coefficient (Wildman–Crippen LogP) is 13.6. The number of hydrogen-bond acceptors (Lipinski definition) is 8. The second-order valence-electron chi connectivity index (χ2n) is 15.6. The van der Waals surface area contributed by atoms with Crippen molar-refractivity contribution in [1.82, 2.24) is 0 Å². The predicted molar refractivity (Wildman–Crippen MR) is 234 cm³/mol. The molecule has 10 heteroatoms. The third-order valence-corrected chi connectivity index (χ3v) is 11.1. The number of unbranched alkanes of at least 4 members (excludes halogenated alkanes) is 27. The van der Waals surface area contributed by atoms with Gasteiger partial charge in [0.1, 0.15) is 6.61 Å². The van der Waals surface area contributed by atoms with Crippen molar-refractivity contribution in [2.24, 2.45) is 5.73 Å². The van der Waals surface area contributed by atoms with Crippen LogP contribution in [0.2, 0.25) is 0 Å². The normalized spacial score (nSPS) is 13.4. The number of phosphoric ester groups is 1. The van der Waals surface area contributed by atoms with Gasteiger partial charge in [-0.3, -0.25) is 18.6 Å². The van der Waals surface area contributed by atoms with Gasteiger partial charge in [0.15, 0.2) is 6.10 Å². The highest BCUT2D eigenvalue weighted by molar-refractivity contribution is 7.47. The fourth-order valence-corrected chi connectivity index (χ4v) is 7.37. The number of hydrogen-bond donors (Lipinski definition) is 2. The molecule has 0 aliphatic rings. The second-order valence-corrected chi connectivity index (χ2v) is 17.1. The Labute approximate surface area is 344 Å². The molecule has 0 saturated carbocycles. The Morgan fingerprint density at radius 1 is 0.536 bits per heavy atom. The Hall–Kier alpha value is -1.51. The first kappa shape index (κ1) is 54.5. The lowest BCUT2D eigenvalue weighted by Crippen LogP contribution is -2.29. The molecule has 0 amide bonds. The molecule has 0 heterocycles. The first-order valence-corrected chi connectivity index (χ1v) is 24.8. The summed E-state index contributed by atoms with van der Waals surface area (Å²) < 4.78 is 32.7. The van der Waals surface area contributed by atoms with Crippen LogP contribution in [0.1, 0.15) is 226 Å². The van der Waals surface area contributed by atoms with Crippen molar-refractivity contribution >= 4 is 19.8 Å². The molecule has 0 aliphatic heterocycles. The van der Waals surface area contributed by atoms with E-state index >= 15 is 0 Å². The van der Waals surface area contributed by atoms with E-state index in [1.165, 1.54) is 154 Å². The molecule has 0 aliphatic carbocycles. The number of rotatable bonds is 44. The molecule has 0 aromatic heterocycles. The maximum Gasteiger partial charge on any atom is 0.472 e. The van der Waals surface area contributed by atoms with Gasteiger partial charge in [-0.25, -0.2) is 4.57 Å². The average Bonchev–Trinajstić information content (AvgIpc) is 3.18. The van der Waals surface area contributed by atoms with Gasteiger partial charge in [0.05, 0.1) is 13.2 Å². The Morgan fingerprint density at radius 3 is 1.36 bits per heavy atom. The van der Waals surface area contributed by atoms with E-state index in [0.29, 0.717) is 6.42 Å². The van der Waals surface area contributed by atoms with Crippen LogP contribution in [-0.2, 0) is 32.7 Å². The minimum absolute atomic E-state index is 0.0555. The van der Waals surface area contributed by atoms with Gasteiger partial charge in [0.25, 0.3) is 0 Å². The van der Waals surface area contributed by atoms with Crippen molar-refractivity contribution in [3.63, 3.8) is 0 Å². The van der Waals surface area contributed by atoms with E-state index in [-0.39, 0.29) is 38.6 Å². The molecule has 0 spiro atoms. The molecule has 2 unspecified atom stereocenters. The Kier molecular flexibility index (Phi) is 41.9. The summed E-state index contributed by atoms with van der Waals surface area (Å²) in [5.41, 5.74) is 5.34. The molecule has 3 N–H and O–H groups in total. The third kappa shape index (κ3) is 42.1. The number of carbonyl (C=O) groups excluding carboxylic acids is 2. The minimum Gasteiger partial charge on any atom is -0.462 e. The smallest absolute Gasteiger partial charge is 0.462 e. The summed E-state index contributed by atoms with van der Waals surface area (Å²) in [6, 6.07) is 0. The molecule has 330 valence electrons. The summed E-state index contributed by atoms with van der Waals surface area (Å²) in [6.07, 6.45) is 46.7. The zero-order valence-corrected chi connectivity index (χ0v) is 37.3. The quantitative estimate of drug-likeness (QED) is 0.0267. The van der Waals surface area contributed by atoms with E-state index in [1.807, 2.05) is 0 Å². The molecule has 2 atom stereocenters. The van der Waals surface area contributed by atoms with Crippen LogP contribution >= 0.6 is 7.82 Å². The highest BCUT2D eigenvalue weighted by Crippen LogP contribution is 2.43. The molecule has 0 aromatic carbocycles. The van der Waals surface area contributed by atoms with Crippen molar-refractivity contribution in [1.29, 1.82) is 0 Å². The Bertz CT molecular complexity index is 975. The van der Waals surface area contributed by atoms with Crippen LogP contribution in [0.3, 0.4) is 0 Å². The van der Waals surface area contributed by atoms with Crippen LogP contribution in [-0.4, -0.2) is 49.3 Å². The van der Waals surface area contributed by atoms with E-state index in [2.05, 4.69) is 38.2 Å². The van der Waals surface area contributed by atoms with Crippen LogP contribution in [0, 0.1) is 0 Å². The topological polar surface area (TPSA) is 134 Å². The largest absolute Gasteiger partial charge is 0.472 e. The molecule has 56 heavy (non-hydrogen) atoms. The van der Waals surface area contributed by atoms with Gasteiger partial charge in [0.2, 0.25) is 0 Å². The highest BCUT2D eigenvalue weighted by atomic mass is 31.2. The maximum absolute atomic E-state index is 12.6.